The van der Waals surface area contributed by atoms with Crippen LogP contribution in [0.2, 0.25) is 5.02 Å². The van der Waals surface area contributed by atoms with Crippen LogP contribution >= 0.6 is 11.6 Å². The molecule has 3 aromatic heterocycles. The maximum Gasteiger partial charge on any atom is 0.156 e. The number of hydrogen-bond donors (Lipinski definition) is 3. The summed E-state index contributed by atoms with van der Waals surface area (Å²) < 4.78 is 17.2. The topological polar surface area (TPSA) is 132 Å². The van der Waals surface area contributed by atoms with Crippen LogP contribution in [-0.2, 0) is 6.42 Å². The second kappa shape index (κ2) is 9.59. The Bertz CT molecular complexity index is 1720. The van der Waals surface area contributed by atoms with Gasteiger partial charge in [0, 0.05) is 24.4 Å². The summed E-state index contributed by atoms with van der Waals surface area (Å²) in [6.07, 6.45) is 4.64. The summed E-state index contributed by atoms with van der Waals surface area (Å²) in [6.45, 7) is 3.66. The number of halogens is 2. The number of hydrogen-bond acceptors (Lipinski definition) is 5. The second-order valence-corrected chi connectivity index (χ2v) is 9.07. The molecule has 10 heteroatoms. The maximum absolute atomic E-state index is 15.3. The zero-order chi connectivity index (χ0) is 26.3. The first-order valence-corrected chi connectivity index (χ1v) is 12.1. The van der Waals surface area contributed by atoms with E-state index in [0.717, 1.165) is 17.5 Å². The lowest BCUT2D eigenvalue weighted by atomic mass is 10.0. The van der Waals surface area contributed by atoms with Gasteiger partial charge in [-0.3, -0.25) is 15.0 Å². The molecule has 3 heterocycles. The van der Waals surface area contributed by atoms with Crippen LogP contribution in [0.4, 0.5) is 10.2 Å². The van der Waals surface area contributed by atoms with Gasteiger partial charge in [0.15, 0.2) is 5.84 Å². The van der Waals surface area contributed by atoms with Crippen molar-refractivity contribution in [2.45, 2.75) is 26.7 Å². The molecule has 0 amide bonds. The van der Waals surface area contributed by atoms with Crippen LogP contribution in [0.5, 0.6) is 0 Å². The van der Waals surface area contributed by atoms with E-state index >= 15 is 4.39 Å². The molecule has 0 fully saturated rings. The number of fused-ring (bicyclic) bond motifs is 2. The van der Waals surface area contributed by atoms with Gasteiger partial charge in [-0.05, 0) is 66.9 Å². The highest BCUT2D eigenvalue weighted by molar-refractivity contribution is 6.35. The van der Waals surface area contributed by atoms with Crippen LogP contribution in [0.15, 0.2) is 59.9 Å². The first-order chi connectivity index (χ1) is 17.8. The number of nitrogen functional groups attached to an aromatic ring is 1. The van der Waals surface area contributed by atoms with E-state index < -0.39 is 5.82 Å². The van der Waals surface area contributed by atoms with Crippen molar-refractivity contribution in [3.8, 4) is 16.8 Å². The minimum atomic E-state index is -0.443. The largest absolute Gasteiger partial charge is 0.387 e. The molecule has 8 nitrogen and oxygen atoms in total. The SMILES string of the molecule is CCCc1nc2c(C(=N)N=C(C)N)cc(-c3ccnc(N)c3)cc2n1-c1ccnc2c(Cl)ccc(F)c12. The molecule has 0 saturated carbocycles. The monoisotopic (exact) mass is 514 g/mol. The fourth-order valence-corrected chi connectivity index (χ4v) is 4.67. The van der Waals surface area contributed by atoms with Crippen LogP contribution < -0.4 is 11.5 Å². The summed E-state index contributed by atoms with van der Waals surface area (Å²) >= 11 is 6.39. The number of nitrogens with two attached hydrogens (primary N) is 2. The van der Waals surface area contributed by atoms with Gasteiger partial charge >= 0.3 is 0 Å². The lowest BCUT2D eigenvalue weighted by molar-refractivity contribution is 0.639. The van der Waals surface area contributed by atoms with Crippen molar-refractivity contribution in [3.63, 3.8) is 0 Å². The number of benzene rings is 2. The van der Waals surface area contributed by atoms with E-state index in [1.165, 1.54) is 12.1 Å². The molecule has 5 rings (SSSR count). The summed E-state index contributed by atoms with van der Waals surface area (Å²) in [5, 5.41) is 9.32. The number of nitrogens with zero attached hydrogens (tertiary/aromatic N) is 5. The average Bonchev–Trinajstić information content (AvgIpc) is 3.23. The second-order valence-electron chi connectivity index (χ2n) is 8.66. The summed E-state index contributed by atoms with van der Waals surface area (Å²) in [6, 6.07) is 11.9. The molecule has 5 N–H and O–H groups in total. The van der Waals surface area contributed by atoms with E-state index in [2.05, 4.69) is 15.0 Å². The summed E-state index contributed by atoms with van der Waals surface area (Å²) in [7, 11) is 0. The van der Waals surface area contributed by atoms with Gasteiger partial charge in [0.1, 0.15) is 23.0 Å². The number of pyridine rings is 2. The van der Waals surface area contributed by atoms with Crippen LogP contribution in [0.1, 0.15) is 31.7 Å². The Balaban J connectivity index is 1.93. The molecule has 2 aromatic carbocycles. The predicted molar refractivity (Wildman–Crippen MR) is 147 cm³/mol. The molecule has 0 aliphatic carbocycles. The third-order valence-electron chi connectivity index (χ3n) is 5.97. The number of amidine groups is 2. The highest BCUT2D eigenvalue weighted by atomic mass is 35.5. The average molecular weight is 515 g/mol. The Morgan fingerprint density at radius 2 is 1.86 bits per heavy atom. The van der Waals surface area contributed by atoms with Gasteiger partial charge in [-0.15, -0.1) is 0 Å². The third kappa shape index (κ3) is 4.38. The fraction of sp³-hybridized carbons (Fsp3) is 0.148. The van der Waals surface area contributed by atoms with Crippen LogP contribution in [0.3, 0.4) is 0 Å². The van der Waals surface area contributed by atoms with E-state index in [4.69, 9.17) is 33.5 Å². The van der Waals surface area contributed by atoms with Crippen molar-refractivity contribution in [2.24, 2.45) is 10.7 Å². The minimum absolute atomic E-state index is 0.0320. The van der Waals surface area contributed by atoms with E-state index in [-0.39, 0.29) is 17.1 Å². The highest BCUT2D eigenvalue weighted by Gasteiger charge is 2.22. The normalized spacial score (nSPS) is 11.9. The Labute approximate surface area is 217 Å². The maximum atomic E-state index is 15.3. The van der Waals surface area contributed by atoms with Gasteiger partial charge in [0.05, 0.1) is 33.0 Å². The van der Waals surface area contributed by atoms with Gasteiger partial charge in [0.2, 0.25) is 0 Å². The number of aryl methyl sites for hydroxylation is 1. The van der Waals surface area contributed by atoms with Gasteiger partial charge < -0.3 is 11.5 Å². The standard InChI is InChI=1S/C27H24ClFN8/c1-3-4-23-36-25-17(27(32)35-14(2)30)11-16(15-7-9-33-22(31)13-15)12-21(25)37(23)20-8-10-34-26-18(28)5-6-19(29)24(20)26/h5-13H,3-4H2,1-2H3,(H2,31,33)(H3,30,32,35). The minimum Gasteiger partial charge on any atom is -0.387 e. The molecule has 5 aromatic rings. The highest BCUT2D eigenvalue weighted by Crippen LogP contribution is 2.35. The zero-order valence-corrected chi connectivity index (χ0v) is 21.0. The molecule has 186 valence electrons. The van der Waals surface area contributed by atoms with Gasteiger partial charge in [0.25, 0.3) is 0 Å². The Hall–Kier alpha value is -4.37. The number of anilines is 1. The van der Waals surface area contributed by atoms with Crippen LogP contribution in [-0.4, -0.2) is 31.2 Å². The predicted octanol–water partition coefficient (Wildman–Crippen LogP) is 5.67. The van der Waals surface area contributed by atoms with Crippen molar-refractivity contribution in [3.05, 3.63) is 77.1 Å². The molecular formula is C27H24ClFN8. The molecule has 0 unspecified atom stereocenters. The lowest BCUT2D eigenvalue weighted by Crippen LogP contribution is -2.10. The number of aliphatic imine (C=N–C) groups is 1. The van der Waals surface area contributed by atoms with Crippen molar-refractivity contribution in [1.82, 2.24) is 19.5 Å². The Morgan fingerprint density at radius 1 is 1.08 bits per heavy atom. The van der Waals surface area contributed by atoms with Crippen LogP contribution in [0, 0.1) is 11.2 Å². The summed E-state index contributed by atoms with van der Waals surface area (Å²) in [4.78, 5) is 17.5. The van der Waals surface area contributed by atoms with E-state index in [1.54, 1.807) is 31.5 Å². The molecule has 0 aliphatic rings. The first-order valence-electron chi connectivity index (χ1n) is 11.7. The van der Waals surface area contributed by atoms with E-state index in [9.17, 15) is 0 Å². The number of rotatable bonds is 5. The van der Waals surface area contributed by atoms with Gasteiger partial charge in [-0.1, -0.05) is 18.5 Å². The fourth-order valence-electron chi connectivity index (χ4n) is 4.46. The smallest absolute Gasteiger partial charge is 0.156 e. The molecule has 0 atom stereocenters. The molecule has 0 saturated heterocycles. The van der Waals surface area contributed by atoms with Crippen molar-refractivity contribution >= 4 is 51.0 Å². The first kappa shape index (κ1) is 24.3. The van der Waals surface area contributed by atoms with Crippen molar-refractivity contribution < 1.29 is 4.39 Å². The van der Waals surface area contributed by atoms with Gasteiger partial charge in [-0.2, -0.15) is 0 Å². The number of nitrogens with one attached hydrogen (secondary N) is 1. The summed E-state index contributed by atoms with van der Waals surface area (Å²) in [5.74, 6) is 0.846. The molecular weight excluding hydrogens is 491 g/mol. The molecule has 37 heavy (non-hydrogen) atoms. The van der Waals surface area contributed by atoms with Crippen molar-refractivity contribution in [2.75, 3.05) is 5.73 Å². The molecule has 0 spiro atoms. The van der Waals surface area contributed by atoms with E-state index in [1.807, 2.05) is 29.7 Å². The molecule has 0 bridgehead atoms. The number of imidazole rings is 1. The summed E-state index contributed by atoms with van der Waals surface area (Å²) in [5.41, 5.74) is 16.0. The molecule has 0 radical (unpaired) electrons. The zero-order valence-electron chi connectivity index (χ0n) is 20.3. The quantitative estimate of drug-likeness (QED) is 0.205. The Kier molecular flexibility index (Phi) is 6.31. The Morgan fingerprint density at radius 3 is 2.59 bits per heavy atom. The van der Waals surface area contributed by atoms with Crippen molar-refractivity contribution in [1.29, 1.82) is 5.41 Å². The van der Waals surface area contributed by atoms with Crippen LogP contribution in [0.25, 0.3) is 38.8 Å². The molecule has 0 aliphatic heterocycles. The lowest BCUT2D eigenvalue weighted by Gasteiger charge is -2.14. The number of aromatic nitrogens is 4. The van der Waals surface area contributed by atoms with E-state index in [0.29, 0.717) is 50.9 Å². The third-order valence-corrected chi connectivity index (χ3v) is 6.28. The van der Waals surface area contributed by atoms with Gasteiger partial charge in [-0.25, -0.2) is 19.4 Å².